The molecule has 2 amide bonds. The molecule has 0 spiro atoms. The average Bonchev–Trinajstić information content (AvgIpc) is 2.38. The van der Waals surface area contributed by atoms with Gasteiger partial charge in [0, 0.05) is 31.6 Å². The molecule has 5 nitrogen and oxygen atoms in total. The molecule has 0 unspecified atom stereocenters. The fourth-order valence-electron chi connectivity index (χ4n) is 1.43. The van der Waals surface area contributed by atoms with E-state index in [0.717, 1.165) is 0 Å². The summed E-state index contributed by atoms with van der Waals surface area (Å²) in [5.41, 5.74) is 5.97. The molecule has 0 saturated carbocycles. The third-order valence-corrected chi connectivity index (χ3v) is 2.54. The standard InChI is InChI=1S/C13H18FN3O2/c1-9-2-3-10(8-11(9)14)13(19)17-7-6-16-12(18)4-5-15/h2-3,8H,4-7,15H2,1H3,(H,16,18)(H,17,19). The van der Waals surface area contributed by atoms with Crippen LogP contribution in [-0.4, -0.2) is 31.4 Å². The van der Waals surface area contributed by atoms with Gasteiger partial charge < -0.3 is 16.4 Å². The van der Waals surface area contributed by atoms with Crippen LogP contribution in [0.5, 0.6) is 0 Å². The highest BCUT2D eigenvalue weighted by molar-refractivity contribution is 5.94. The van der Waals surface area contributed by atoms with E-state index in [1.807, 2.05) is 0 Å². The Hall–Kier alpha value is -1.95. The Kier molecular flexibility index (Phi) is 5.95. The van der Waals surface area contributed by atoms with Crippen molar-refractivity contribution in [2.24, 2.45) is 5.73 Å². The van der Waals surface area contributed by atoms with Crippen LogP contribution in [0.15, 0.2) is 18.2 Å². The van der Waals surface area contributed by atoms with Gasteiger partial charge in [-0.05, 0) is 24.6 Å². The zero-order valence-electron chi connectivity index (χ0n) is 10.8. The maximum Gasteiger partial charge on any atom is 0.251 e. The fourth-order valence-corrected chi connectivity index (χ4v) is 1.43. The molecule has 0 aliphatic carbocycles. The Labute approximate surface area is 111 Å². The highest BCUT2D eigenvalue weighted by Crippen LogP contribution is 2.08. The van der Waals surface area contributed by atoms with Gasteiger partial charge in [0.25, 0.3) is 5.91 Å². The van der Waals surface area contributed by atoms with Crippen LogP contribution in [0.3, 0.4) is 0 Å². The normalized spacial score (nSPS) is 10.1. The molecular weight excluding hydrogens is 249 g/mol. The van der Waals surface area contributed by atoms with Crippen molar-refractivity contribution in [2.45, 2.75) is 13.3 Å². The third kappa shape index (κ3) is 5.05. The second-order valence-corrected chi connectivity index (χ2v) is 4.11. The van der Waals surface area contributed by atoms with Crippen molar-refractivity contribution < 1.29 is 14.0 Å². The van der Waals surface area contributed by atoms with Gasteiger partial charge in [-0.2, -0.15) is 0 Å². The second-order valence-electron chi connectivity index (χ2n) is 4.11. The van der Waals surface area contributed by atoms with Crippen molar-refractivity contribution in [3.63, 3.8) is 0 Å². The number of amides is 2. The summed E-state index contributed by atoms with van der Waals surface area (Å²) in [5.74, 6) is -0.936. The summed E-state index contributed by atoms with van der Waals surface area (Å²) in [6.07, 6.45) is 0.261. The molecule has 0 saturated heterocycles. The van der Waals surface area contributed by atoms with E-state index in [0.29, 0.717) is 18.7 Å². The molecular formula is C13H18FN3O2. The van der Waals surface area contributed by atoms with Crippen molar-refractivity contribution in [2.75, 3.05) is 19.6 Å². The lowest BCUT2D eigenvalue weighted by atomic mass is 10.1. The molecule has 0 aromatic heterocycles. The van der Waals surface area contributed by atoms with E-state index in [1.54, 1.807) is 19.1 Å². The molecule has 1 aromatic carbocycles. The zero-order valence-corrected chi connectivity index (χ0v) is 10.8. The van der Waals surface area contributed by atoms with Gasteiger partial charge in [0.15, 0.2) is 0 Å². The van der Waals surface area contributed by atoms with Gasteiger partial charge >= 0.3 is 0 Å². The first-order chi connectivity index (χ1) is 9.04. The van der Waals surface area contributed by atoms with Gasteiger partial charge in [-0.25, -0.2) is 4.39 Å². The summed E-state index contributed by atoms with van der Waals surface area (Å²) in [4.78, 5) is 22.8. The van der Waals surface area contributed by atoms with Gasteiger partial charge in [0.2, 0.25) is 5.91 Å². The summed E-state index contributed by atoms with van der Waals surface area (Å²) in [6, 6.07) is 4.30. The monoisotopic (exact) mass is 267 g/mol. The van der Waals surface area contributed by atoms with Crippen LogP contribution in [0.25, 0.3) is 0 Å². The Morgan fingerprint density at radius 1 is 1.26 bits per heavy atom. The van der Waals surface area contributed by atoms with Gasteiger partial charge in [-0.3, -0.25) is 9.59 Å². The SMILES string of the molecule is Cc1ccc(C(=O)NCCNC(=O)CCN)cc1F. The number of aryl methyl sites for hydroxylation is 1. The van der Waals surface area contributed by atoms with Crippen LogP contribution >= 0.6 is 0 Å². The van der Waals surface area contributed by atoms with Crippen LogP contribution in [0.4, 0.5) is 4.39 Å². The maximum absolute atomic E-state index is 13.3. The average molecular weight is 267 g/mol. The molecule has 0 aliphatic rings. The van der Waals surface area contributed by atoms with Crippen molar-refractivity contribution in [3.05, 3.63) is 35.1 Å². The topological polar surface area (TPSA) is 84.2 Å². The van der Waals surface area contributed by atoms with E-state index < -0.39 is 5.82 Å². The Morgan fingerprint density at radius 2 is 1.95 bits per heavy atom. The number of nitrogens with one attached hydrogen (secondary N) is 2. The van der Waals surface area contributed by atoms with Crippen molar-refractivity contribution >= 4 is 11.8 Å². The quantitative estimate of drug-likeness (QED) is 0.649. The molecule has 0 fully saturated rings. The molecule has 6 heteroatoms. The number of nitrogens with two attached hydrogens (primary N) is 1. The molecule has 1 rings (SSSR count). The predicted molar refractivity (Wildman–Crippen MR) is 70.2 cm³/mol. The summed E-state index contributed by atoms with van der Waals surface area (Å²) in [5, 5.41) is 5.19. The summed E-state index contributed by atoms with van der Waals surface area (Å²) in [6.45, 7) is 2.52. The molecule has 0 bridgehead atoms. The van der Waals surface area contributed by atoms with Crippen molar-refractivity contribution in [1.82, 2.24) is 10.6 Å². The van der Waals surface area contributed by atoms with Crippen molar-refractivity contribution in [1.29, 1.82) is 0 Å². The third-order valence-electron chi connectivity index (χ3n) is 2.54. The highest BCUT2D eigenvalue weighted by Gasteiger charge is 2.07. The van der Waals surface area contributed by atoms with Crippen LogP contribution < -0.4 is 16.4 Å². The predicted octanol–water partition coefficient (Wildman–Crippen LogP) is 0.329. The lowest BCUT2D eigenvalue weighted by Gasteiger charge is -2.07. The number of halogens is 1. The van der Waals surface area contributed by atoms with Crippen LogP contribution in [0.2, 0.25) is 0 Å². The van der Waals surface area contributed by atoms with Crippen molar-refractivity contribution in [3.8, 4) is 0 Å². The van der Waals surface area contributed by atoms with Gasteiger partial charge in [-0.15, -0.1) is 0 Å². The molecule has 104 valence electrons. The van der Waals surface area contributed by atoms with Crippen LogP contribution in [0.1, 0.15) is 22.3 Å². The van der Waals surface area contributed by atoms with E-state index >= 15 is 0 Å². The number of rotatable bonds is 6. The fraction of sp³-hybridized carbons (Fsp3) is 0.385. The lowest BCUT2D eigenvalue weighted by Crippen LogP contribution is -2.35. The molecule has 0 radical (unpaired) electrons. The first-order valence-corrected chi connectivity index (χ1v) is 6.05. The van der Waals surface area contributed by atoms with E-state index in [4.69, 9.17) is 5.73 Å². The lowest BCUT2D eigenvalue weighted by molar-refractivity contribution is -0.120. The molecule has 4 N–H and O–H groups in total. The molecule has 1 aromatic rings. The Morgan fingerprint density at radius 3 is 2.58 bits per heavy atom. The number of carbonyl (C=O) groups is 2. The van der Waals surface area contributed by atoms with Crippen LogP contribution in [-0.2, 0) is 4.79 Å². The van der Waals surface area contributed by atoms with Crippen LogP contribution in [0, 0.1) is 12.7 Å². The Balaban J connectivity index is 2.35. The second kappa shape index (κ2) is 7.48. The van der Waals surface area contributed by atoms with E-state index in [-0.39, 0.29) is 30.3 Å². The number of benzene rings is 1. The number of hydrogen-bond donors (Lipinski definition) is 3. The molecule has 0 atom stereocenters. The summed E-state index contributed by atoms with van der Waals surface area (Å²) < 4.78 is 13.3. The highest BCUT2D eigenvalue weighted by atomic mass is 19.1. The van der Waals surface area contributed by atoms with Gasteiger partial charge in [0.05, 0.1) is 0 Å². The smallest absolute Gasteiger partial charge is 0.251 e. The van der Waals surface area contributed by atoms with E-state index in [9.17, 15) is 14.0 Å². The molecule has 19 heavy (non-hydrogen) atoms. The van der Waals surface area contributed by atoms with Gasteiger partial charge in [0.1, 0.15) is 5.82 Å². The minimum absolute atomic E-state index is 0.155. The van der Waals surface area contributed by atoms with Gasteiger partial charge in [-0.1, -0.05) is 6.07 Å². The number of carbonyl (C=O) groups excluding carboxylic acids is 2. The molecule has 0 aliphatic heterocycles. The molecule has 0 heterocycles. The Bertz CT molecular complexity index is 463. The maximum atomic E-state index is 13.3. The summed E-state index contributed by atoms with van der Waals surface area (Å²) in [7, 11) is 0. The first-order valence-electron chi connectivity index (χ1n) is 6.05. The zero-order chi connectivity index (χ0) is 14.3. The largest absolute Gasteiger partial charge is 0.354 e. The van der Waals surface area contributed by atoms with E-state index in [2.05, 4.69) is 10.6 Å². The minimum Gasteiger partial charge on any atom is -0.354 e. The first kappa shape index (κ1) is 15.1. The van der Waals surface area contributed by atoms with E-state index in [1.165, 1.54) is 6.07 Å². The minimum atomic E-state index is -0.413. The number of hydrogen-bond acceptors (Lipinski definition) is 3. The summed E-state index contributed by atoms with van der Waals surface area (Å²) >= 11 is 0.